The van der Waals surface area contributed by atoms with Gasteiger partial charge in [-0.3, -0.25) is 9.59 Å². The smallest absolute Gasteiger partial charge is 0.318 e. The summed E-state index contributed by atoms with van der Waals surface area (Å²) in [6.45, 7) is 0. The summed E-state index contributed by atoms with van der Waals surface area (Å²) >= 11 is 0. The number of aliphatic carboxylic acids is 1. The van der Waals surface area contributed by atoms with Crippen molar-refractivity contribution in [3.63, 3.8) is 0 Å². The second kappa shape index (κ2) is 2.81. The van der Waals surface area contributed by atoms with Gasteiger partial charge in [-0.05, 0) is 6.08 Å². The van der Waals surface area contributed by atoms with E-state index in [0.29, 0.717) is 6.08 Å². The van der Waals surface area contributed by atoms with Crippen molar-refractivity contribution >= 4 is 11.8 Å². The fourth-order valence-corrected chi connectivity index (χ4v) is 0.881. The monoisotopic (exact) mass is 186 g/mol. The summed E-state index contributed by atoms with van der Waals surface area (Å²) in [4.78, 5) is 21.3. The quantitative estimate of drug-likeness (QED) is 0.430. The molecule has 0 aromatic rings. The van der Waals surface area contributed by atoms with Gasteiger partial charge in [-0.25, -0.2) is 0 Å². The highest BCUT2D eigenvalue weighted by atomic mass is 16.4. The second-order valence-corrected chi connectivity index (χ2v) is 2.43. The zero-order valence-electron chi connectivity index (χ0n) is 6.26. The van der Waals surface area contributed by atoms with Crippen LogP contribution in [0.15, 0.2) is 23.4 Å². The van der Waals surface area contributed by atoms with Crippen molar-refractivity contribution in [2.24, 2.45) is 5.92 Å². The lowest BCUT2D eigenvalue weighted by molar-refractivity contribution is -0.144. The molecule has 1 aliphatic carbocycles. The Morgan fingerprint density at radius 3 is 2.23 bits per heavy atom. The van der Waals surface area contributed by atoms with Gasteiger partial charge >= 0.3 is 5.97 Å². The molecule has 0 saturated carbocycles. The van der Waals surface area contributed by atoms with Crippen LogP contribution in [0.25, 0.3) is 0 Å². The Balaban J connectivity index is 3.15. The van der Waals surface area contributed by atoms with Crippen molar-refractivity contribution in [3.8, 4) is 0 Å². The summed E-state index contributed by atoms with van der Waals surface area (Å²) in [6.07, 6.45) is 0.652. The Bertz CT molecular complexity index is 337. The largest absolute Gasteiger partial charge is 0.504 e. The van der Waals surface area contributed by atoms with Crippen LogP contribution < -0.4 is 0 Å². The number of aliphatic hydroxyl groups excluding tert-OH is 3. The van der Waals surface area contributed by atoms with Crippen LogP contribution in [0, 0.1) is 5.92 Å². The van der Waals surface area contributed by atoms with Gasteiger partial charge in [-0.1, -0.05) is 0 Å². The van der Waals surface area contributed by atoms with E-state index in [1.807, 2.05) is 0 Å². The van der Waals surface area contributed by atoms with Gasteiger partial charge in [0.1, 0.15) is 5.92 Å². The van der Waals surface area contributed by atoms with Crippen LogP contribution >= 0.6 is 0 Å². The maximum atomic E-state index is 10.9. The number of carboxylic acids is 1. The van der Waals surface area contributed by atoms with Crippen molar-refractivity contribution in [3.05, 3.63) is 23.4 Å². The molecule has 0 amide bonds. The first kappa shape index (κ1) is 9.11. The van der Waals surface area contributed by atoms with E-state index in [-0.39, 0.29) is 0 Å². The van der Waals surface area contributed by atoms with Crippen LogP contribution in [-0.4, -0.2) is 32.2 Å². The zero-order chi connectivity index (χ0) is 10.2. The van der Waals surface area contributed by atoms with Crippen LogP contribution in [0.2, 0.25) is 0 Å². The molecule has 0 radical (unpaired) electrons. The normalized spacial score (nSPS) is 22.9. The molecule has 0 fully saturated rings. The standard InChI is InChI=1S/C7H6O6/c8-3-1-2(7(12)13)4(9)6(11)5(3)10/h1-2,8,10-11H,(H,12,13). The summed E-state index contributed by atoms with van der Waals surface area (Å²) < 4.78 is 0. The van der Waals surface area contributed by atoms with Gasteiger partial charge in [0.05, 0.1) is 0 Å². The minimum absolute atomic E-state index is 0.652. The van der Waals surface area contributed by atoms with Crippen molar-refractivity contribution < 1.29 is 30.0 Å². The maximum absolute atomic E-state index is 10.9. The number of aliphatic hydroxyl groups is 3. The summed E-state index contributed by atoms with van der Waals surface area (Å²) in [5, 5.41) is 35.0. The van der Waals surface area contributed by atoms with Crippen LogP contribution in [-0.2, 0) is 9.59 Å². The summed E-state index contributed by atoms with van der Waals surface area (Å²) in [6, 6.07) is 0. The number of carbonyl (C=O) groups is 2. The van der Waals surface area contributed by atoms with Crippen molar-refractivity contribution in [2.45, 2.75) is 0 Å². The van der Waals surface area contributed by atoms with E-state index in [0.717, 1.165) is 0 Å². The Kier molecular flexibility index (Phi) is 1.97. The first-order valence-electron chi connectivity index (χ1n) is 3.25. The molecule has 0 aliphatic heterocycles. The molecular weight excluding hydrogens is 180 g/mol. The SMILES string of the molecule is O=C(O)C1C=C(O)C(O)=C(O)C1=O. The Hall–Kier alpha value is -1.98. The van der Waals surface area contributed by atoms with Gasteiger partial charge in [0.15, 0.2) is 5.76 Å². The third-order valence-electron chi connectivity index (χ3n) is 1.57. The van der Waals surface area contributed by atoms with E-state index in [1.54, 1.807) is 0 Å². The lowest BCUT2D eigenvalue weighted by atomic mass is 9.96. The molecule has 0 spiro atoms. The van der Waals surface area contributed by atoms with Gasteiger partial charge in [-0.15, -0.1) is 0 Å². The molecule has 1 aliphatic rings. The number of hydrogen-bond acceptors (Lipinski definition) is 5. The van der Waals surface area contributed by atoms with E-state index >= 15 is 0 Å². The third-order valence-corrected chi connectivity index (χ3v) is 1.57. The molecule has 1 rings (SSSR count). The number of rotatable bonds is 1. The molecular formula is C7H6O6. The number of Topliss-reactive ketones (excluding diaryl/α,β-unsaturated/α-hetero) is 1. The van der Waals surface area contributed by atoms with Gasteiger partial charge in [0.2, 0.25) is 17.3 Å². The van der Waals surface area contributed by atoms with E-state index in [1.165, 1.54) is 0 Å². The highest BCUT2D eigenvalue weighted by Gasteiger charge is 2.34. The van der Waals surface area contributed by atoms with Gasteiger partial charge < -0.3 is 20.4 Å². The van der Waals surface area contributed by atoms with Crippen LogP contribution in [0.5, 0.6) is 0 Å². The average molecular weight is 186 g/mol. The van der Waals surface area contributed by atoms with E-state index < -0.39 is 34.9 Å². The third kappa shape index (κ3) is 1.33. The summed E-state index contributed by atoms with van der Waals surface area (Å²) in [5.74, 6) is -7.24. The van der Waals surface area contributed by atoms with E-state index in [4.69, 9.17) is 20.4 Å². The van der Waals surface area contributed by atoms with Gasteiger partial charge in [0.25, 0.3) is 0 Å². The Morgan fingerprint density at radius 2 is 1.77 bits per heavy atom. The van der Waals surface area contributed by atoms with E-state index in [9.17, 15) is 9.59 Å². The van der Waals surface area contributed by atoms with Gasteiger partial charge in [0, 0.05) is 0 Å². The molecule has 13 heavy (non-hydrogen) atoms. The maximum Gasteiger partial charge on any atom is 0.318 e. The molecule has 6 heteroatoms. The molecule has 0 aromatic heterocycles. The molecule has 1 atom stereocenters. The van der Waals surface area contributed by atoms with Crippen LogP contribution in [0.1, 0.15) is 0 Å². The Labute approximate surface area is 72.0 Å². The lowest BCUT2D eigenvalue weighted by Gasteiger charge is -2.13. The van der Waals surface area contributed by atoms with Gasteiger partial charge in [-0.2, -0.15) is 0 Å². The fourth-order valence-electron chi connectivity index (χ4n) is 0.881. The first-order chi connectivity index (χ1) is 5.95. The minimum Gasteiger partial charge on any atom is -0.504 e. The molecule has 0 heterocycles. The average Bonchev–Trinajstić information content (AvgIpc) is 2.07. The number of ketones is 1. The van der Waals surface area contributed by atoms with Crippen LogP contribution in [0.3, 0.4) is 0 Å². The number of hydrogen-bond donors (Lipinski definition) is 4. The molecule has 0 aromatic carbocycles. The highest BCUT2D eigenvalue weighted by Crippen LogP contribution is 2.21. The highest BCUT2D eigenvalue weighted by molar-refractivity contribution is 6.09. The van der Waals surface area contributed by atoms with Crippen molar-refractivity contribution in [2.75, 3.05) is 0 Å². The molecule has 1 unspecified atom stereocenters. The Morgan fingerprint density at radius 1 is 1.23 bits per heavy atom. The number of carboxylic acid groups (broad SMARTS) is 1. The molecule has 4 N–H and O–H groups in total. The zero-order valence-corrected chi connectivity index (χ0v) is 6.26. The molecule has 6 nitrogen and oxygen atoms in total. The van der Waals surface area contributed by atoms with Crippen LogP contribution in [0.4, 0.5) is 0 Å². The number of allylic oxidation sites excluding steroid dienone is 1. The molecule has 0 bridgehead atoms. The predicted molar refractivity (Wildman–Crippen MR) is 39.1 cm³/mol. The van der Waals surface area contributed by atoms with Crippen molar-refractivity contribution in [1.29, 1.82) is 0 Å². The summed E-state index contributed by atoms with van der Waals surface area (Å²) in [7, 11) is 0. The minimum atomic E-state index is -1.64. The molecule has 70 valence electrons. The second-order valence-electron chi connectivity index (χ2n) is 2.43. The predicted octanol–water partition coefficient (Wildman–Crippen LogP) is 0.0394. The first-order valence-corrected chi connectivity index (χ1v) is 3.25. The topological polar surface area (TPSA) is 115 Å². The molecule has 0 saturated heterocycles. The number of carbonyl (C=O) groups excluding carboxylic acids is 1. The van der Waals surface area contributed by atoms with E-state index in [2.05, 4.69) is 0 Å². The fraction of sp³-hybridized carbons (Fsp3) is 0.143. The lowest BCUT2D eigenvalue weighted by Crippen LogP contribution is -2.28. The summed E-state index contributed by atoms with van der Waals surface area (Å²) in [5.41, 5.74) is 0. The van der Waals surface area contributed by atoms with Crippen molar-refractivity contribution in [1.82, 2.24) is 0 Å².